The quantitative estimate of drug-likeness (QED) is 0.793. The van der Waals surface area contributed by atoms with Crippen LogP contribution in [0.3, 0.4) is 0 Å². The molecular weight excluding hydrogens is 288 g/mol. The molecule has 0 saturated heterocycles. The van der Waals surface area contributed by atoms with Crippen molar-refractivity contribution in [2.24, 2.45) is 0 Å². The lowest BCUT2D eigenvalue weighted by molar-refractivity contribution is -0.131. The van der Waals surface area contributed by atoms with Crippen LogP contribution in [0, 0.1) is 6.92 Å². The van der Waals surface area contributed by atoms with E-state index in [2.05, 4.69) is 37.3 Å². The summed E-state index contributed by atoms with van der Waals surface area (Å²) in [5.41, 5.74) is 3.67. The molecule has 1 N–H and O–H groups in total. The van der Waals surface area contributed by atoms with E-state index in [0.717, 1.165) is 17.1 Å². The summed E-state index contributed by atoms with van der Waals surface area (Å²) in [6.45, 7) is 2.13. The molecule has 0 fully saturated rings. The number of rotatable bonds is 6. The number of aliphatic carboxylic acids is 1. The molecule has 0 spiro atoms. The Kier molecular flexibility index (Phi) is 5.44. The van der Waals surface area contributed by atoms with Crippen molar-refractivity contribution in [3.05, 3.63) is 63.4 Å². The van der Waals surface area contributed by atoms with Crippen molar-refractivity contribution in [1.82, 2.24) is 0 Å². The molecule has 1 heterocycles. The third-order valence-electron chi connectivity index (χ3n) is 2.86. The zero-order valence-electron chi connectivity index (χ0n) is 11.2. The van der Waals surface area contributed by atoms with E-state index in [1.807, 2.05) is 17.1 Å². The van der Waals surface area contributed by atoms with Crippen LogP contribution in [0.4, 0.5) is 0 Å². The summed E-state index contributed by atoms with van der Waals surface area (Å²) < 4.78 is 0. The van der Waals surface area contributed by atoms with E-state index in [-0.39, 0.29) is 0 Å². The number of thiophene rings is 1. The van der Waals surface area contributed by atoms with Gasteiger partial charge in [-0.3, -0.25) is 0 Å². The number of benzene rings is 1. The lowest BCUT2D eigenvalue weighted by Gasteiger charge is -2.04. The normalized spacial score (nSPS) is 11.1. The van der Waals surface area contributed by atoms with Crippen LogP contribution in [0.2, 0.25) is 0 Å². The molecule has 0 aliphatic rings. The molecule has 0 amide bonds. The molecule has 2 rings (SSSR count). The highest BCUT2D eigenvalue weighted by Gasteiger charge is 2.01. The van der Waals surface area contributed by atoms with Gasteiger partial charge in [0.2, 0.25) is 0 Å². The van der Waals surface area contributed by atoms with Crippen LogP contribution >= 0.6 is 23.1 Å². The Morgan fingerprint density at radius 1 is 1.35 bits per heavy atom. The SMILES string of the molecule is Cc1ccccc1CSCc1cc(C=CC(=O)O)cs1. The van der Waals surface area contributed by atoms with Crippen molar-refractivity contribution in [3.8, 4) is 0 Å². The van der Waals surface area contributed by atoms with Crippen molar-refractivity contribution in [2.45, 2.75) is 18.4 Å². The largest absolute Gasteiger partial charge is 0.478 e. The van der Waals surface area contributed by atoms with Crippen molar-refractivity contribution in [3.63, 3.8) is 0 Å². The molecule has 1 aromatic carbocycles. The van der Waals surface area contributed by atoms with Gasteiger partial charge < -0.3 is 5.11 Å². The van der Waals surface area contributed by atoms with E-state index >= 15 is 0 Å². The van der Waals surface area contributed by atoms with Gasteiger partial charge in [-0.2, -0.15) is 11.8 Å². The molecule has 0 atom stereocenters. The van der Waals surface area contributed by atoms with Gasteiger partial charge in [-0.15, -0.1) is 11.3 Å². The summed E-state index contributed by atoms with van der Waals surface area (Å²) in [4.78, 5) is 11.7. The maximum Gasteiger partial charge on any atom is 0.328 e. The predicted molar refractivity (Wildman–Crippen MR) is 87.2 cm³/mol. The smallest absolute Gasteiger partial charge is 0.328 e. The highest BCUT2D eigenvalue weighted by atomic mass is 32.2. The molecule has 1 aromatic heterocycles. The van der Waals surface area contributed by atoms with E-state index in [1.54, 1.807) is 17.4 Å². The zero-order valence-corrected chi connectivity index (χ0v) is 12.8. The van der Waals surface area contributed by atoms with Crippen LogP contribution < -0.4 is 0 Å². The maximum atomic E-state index is 10.5. The van der Waals surface area contributed by atoms with E-state index in [9.17, 15) is 4.79 Å². The van der Waals surface area contributed by atoms with Gasteiger partial charge in [-0.1, -0.05) is 24.3 Å². The standard InChI is InChI=1S/C16H16O2S2/c1-12-4-2-3-5-14(12)10-19-11-15-8-13(9-20-15)6-7-16(17)18/h2-9H,10-11H2,1H3,(H,17,18). The number of hydrogen-bond donors (Lipinski definition) is 1. The molecule has 0 aliphatic heterocycles. The van der Waals surface area contributed by atoms with Gasteiger partial charge in [-0.05, 0) is 41.1 Å². The second-order valence-electron chi connectivity index (χ2n) is 4.44. The van der Waals surface area contributed by atoms with Gasteiger partial charge in [0, 0.05) is 22.5 Å². The lowest BCUT2D eigenvalue weighted by atomic mass is 10.1. The van der Waals surface area contributed by atoms with Crippen LogP contribution in [0.1, 0.15) is 21.6 Å². The Balaban J connectivity index is 1.86. The molecule has 2 aromatic rings. The Morgan fingerprint density at radius 2 is 2.15 bits per heavy atom. The molecule has 0 saturated carbocycles. The average molecular weight is 304 g/mol. The minimum atomic E-state index is -0.910. The molecular formula is C16H16O2S2. The van der Waals surface area contributed by atoms with Crippen LogP contribution in [-0.2, 0) is 16.3 Å². The average Bonchev–Trinajstić information content (AvgIpc) is 2.87. The Hall–Kier alpha value is -1.52. The van der Waals surface area contributed by atoms with Crippen LogP contribution in [0.25, 0.3) is 6.08 Å². The van der Waals surface area contributed by atoms with Crippen molar-refractivity contribution in [2.75, 3.05) is 0 Å². The molecule has 104 valence electrons. The molecule has 4 heteroatoms. The van der Waals surface area contributed by atoms with Crippen molar-refractivity contribution < 1.29 is 9.90 Å². The third-order valence-corrected chi connectivity index (χ3v) is 5.02. The summed E-state index contributed by atoms with van der Waals surface area (Å²) in [5.74, 6) is 1.05. The fourth-order valence-electron chi connectivity index (χ4n) is 1.76. The third kappa shape index (κ3) is 4.54. The number of thioether (sulfide) groups is 1. The first kappa shape index (κ1) is 14.9. The highest BCUT2D eigenvalue weighted by Crippen LogP contribution is 2.24. The second-order valence-corrected chi connectivity index (χ2v) is 6.42. The minimum Gasteiger partial charge on any atom is -0.478 e. The zero-order chi connectivity index (χ0) is 14.4. The van der Waals surface area contributed by atoms with Gasteiger partial charge in [0.1, 0.15) is 0 Å². The summed E-state index contributed by atoms with van der Waals surface area (Å²) in [5, 5.41) is 10.6. The number of aryl methyl sites for hydroxylation is 1. The van der Waals surface area contributed by atoms with Gasteiger partial charge >= 0.3 is 5.97 Å². The van der Waals surface area contributed by atoms with Crippen LogP contribution in [0.15, 0.2) is 41.8 Å². The molecule has 0 aliphatic carbocycles. The van der Waals surface area contributed by atoms with Crippen LogP contribution in [0.5, 0.6) is 0 Å². The van der Waals surface area contributed by atoms with Gasteiger partial charge in [-0.25, -0.2) is 4.79 Å². The minimum absolute atomic E-state index is 0.910. The van der Waals surface area contributed by atoms with Crippen LogP contribution in [-0.4, -0.2) is 11.1 Å². The van der Waals surface area contributed by atoms with E-state index in [4.69, 9.17) is 5.11 Å². The van der Waals surface area contributed by atoms with E-state index < -0.39 is 5.97 Å². The van der Waals surface area contributed by atoms with E-state index in [0.29, 0.717) is 0 Å². The second kappa shape index (κ2) is 7.31. The molecule has 0 bridgehead atoms. The number of carboxylic acids is 1. The summed E-state index contributed by atoms with van der Waals surface area (Å²) in [6.07, 6.45) is 2.81. The monoisotopic (exact) mass is 304 g/mol. The molecule has 20 heavy (non-hydrogen) atoms. The fourth-order valence-corrected chi connectivity index (χ4v) is 3.85. The van der Waals surface area contributed by atoms with Crippen molar-refractivity contribution in [1.29, 1.82) is 0 Å². The van der Waals surface area contributed by atoms with Gasteiger partial charge in [0.25, 0.3) is 0 Å². The fraction of sp³-hybridized carbons (Fsp3) is 0.188. The first-order chi connectivity index (χ1) is 9.65. The van der Waals surface area contributed by atoms with Gasteiger partial charge in [0.05, 0.1) is 0 Å². The number of carbonyl (C=O) groups is 1. The van der Waals surface area contributed by atoms with Crippen molar-refractivity contribution >= 4 is 35.1 Å². The first-order valence-corrected chi connectivity index (χ1v) is 8.29. The maximum absolute atomic E-state index is 10.5. The number of hydrogen-bond acceptors (Lipinski definition) is 3. The molecule has 0 radical (unpaired) electrons. The summed E-state index contributed by atoms with van der Waals surface area (Å²) in [6, 6.07) is 10.5. The van der Waals surface area contributed by atoms with E-state index in [1.165, 1.54) is 22.1 Å². The predicted octanol–water partition coefficient (Wildman–Crippen LogP) is 4.59. The first-order valence-electron chi connectivity index (χ1n) is 6.26. The molecule has 2 nitrogen and oxygen atoms in total. The molecule has 0 unspecified atom stereocenters. The highest BCUT2D eigenvalue weighted by molar-refractivity contribution is 7.97. The Bertz CT molecular complexity index is 614. The number of carboxylic acid groups (broad SMARTS) is 1. The summed E-state index contributed by atoms with van der Waals surface area (Å²) in [7, 11) is 0. The Labute approximate surface area is 127 Å². The lowest BCUT2D eigenvalue weighted by Crippen LogP contribution is -1.86. The van der Waals surface area contributed by atoms with Gasteiger partial charge in [0.15, 0.2) is 0 Å². The topological polar surface area (TPSA) is 37.3 Å². The summed E-state index contributed by atoms with van der Waals surface area (Å²) >= 11 is 3.56. The Morgan fingerprint density at radius 3 is 2.90 bits per heavy atom.